The first kappa shape index (κ1) is 12.8. The van der Waals surface area contributed by atoms with Gasteiger partial charge in [0.1, 0.15) is 0 Å². The molecule has 18 heavy (non-hydrogen) atoms. The summed E-state index contributed by atoms with van der Waals surface area (Å²) < 4.78 is 1.92. The third-order valence-corrected chi connectivity index (χ3v) is 3.16. The lowest BCUT2D eigenvalue weighted by Crippen LogP contribution is -2.20. The summed E-state index contributed by atoms with van der Waals surface area (Å²) in [6, 6.07) is 12.3. The molecule has 0 saturated carbocycles. The molecule has 1 heterocycles. The fourth-order valence-corrected chi connectivity index (χ4v) is 1.77. The van der Waals surface area contributed by atoms with Gasteiger partial charge in [0.25, 0.3) is 0 Å². The highest BCUT2D eigenvalue weighted by Crippen LogP contribution is 2.06. The Morgan fingerprint density at radius 1 is 1.22 bits per heavy atom. The highest BCUT2D eigenvalue weighted by molar-refractivity contribution is 5.30. The lowest BCUT2D eigenvalue weighted by molar-refractivity contribution is 0.496. The highest BCUT2D eigenvalue weighted by atomic mass is 15.3. The summed E-state index contributed by atoms with van der Waals surface area (Å²) in [6.07, 6.45) is 3.22. The van der Waals surface area contributed by atoms with E-state index in [-0.39, 0.29) is 0 Å². The van der Waals surface area contributed by atoms with Gasteiger partial charge in [-0.05, 0) is 30.7 Å². The van der Waals surface area contributed by atoms with E-state index in [1.54, 1.807) is 0 Å². The molecular weight excluding hydrogens is 222 g/mol. The van der Waals surface area contributed by atoms with Crippen LogP contribution in [-0.4, -0.2) is 16.3 Å². The molecule has 96 valence electrons. The summed E-state index contributed by atoms with van der Waals surface area (Å²) in [4.78, 5) is 0. The normalized spacial score (nSPS) is 12.6. The number of para-hydroxylation sites is 1. The standard InChI is InChI=1S/C15H21N3/c1-3-13(2)11-16-12-14-9-10-18(17-14)15-7-5-4-6-8-15/h4-10,13,16H,3,11-12H2,1-2H3. The van der Waals surface area contributed by atoms with Gasteiger partial charge >= 0.3 is 0 Å². The molecule has 0 aliphatic heterocycles. The molecule has 2 rings (SSSR count). The zero-order chi connectivity index (χ0) is 12.8. The fourth-order valence-electron chi connectivity index (χ4n) is 1.77. The zero-order valence-electron chi connectivity index (χ0n) is 11.1. The van der Waals surface area contributed by atoms with Gasteiger partial charge < -0.3 is 5.32 Å². The molecule has 0 spiro atoms. The van der Waals surface area contributed by atoms with Crippen LogP contribution < -0.4 is 5.32 Å². The van der Waals surface area contributed by atoms with Gasteiger partial charge in [-0.1, -0.05) is 38.5 Å². The third-order valence-electron chi connectivity index (χ3n) is 3.16. The average Bonchev–Trinajstić information content (AvgIpc) is 2.88. The molecule has 0 saturated heterocycles. The Hall–Kier alpha value is -1.61. The van der Waals surface area contributed by atoms with E-state index in [1.165, 1.54) is 6.42 Å². The van der Waals surface area contributed by atoms with Crippen LogP contribution in [0.3, 0.4) is 0 Å². The number of hydrogen-bond donors (Lipinski definition) is 1. The second kappa shape index (κ2) is 6.36. The smallest absolute Gasteiger partial charge is 0.0766 e. The van der Waals surface area contributed by atoms with Crippen LogP contribution in [0.25, 0.3) is 5.69 Å². The summed E-state index contributed by atoms with van der Waals surface area (Å²) in [7, 11) is 0. The van der Waals surface area contributed by atoms with Gasteiger partial charge in [0.2, 0.25) is 0 Å². The molecule has 1 aromatic carbocycles. The van der Waals surface area contributed by atoms with Crippen molar-refractivity contribution in [3.05, 3.63) is 48.3 Å². The maximum Gasteiger partial charge on any atom is 0.0766 e. The van der Waals surface area contributed by atoms with Crippen LogP contribution in [0.4, 0.5) is 0 Å². The second-order valence-corrected chi connectivity index (χ2v) is 4.73. The number of benzene rings is 1. The van der Waals surface area contributed by atoms with Crippen LogP contribution in [0.5, 0.6) is 0 Å². The topological polar surface area (TPSA) is 29.9 Å². The van der Waals surface area contributed by atoms with Crippen LogP contribution in [-0.2, 0) is 6.54 Å². The van der Waals surface area contributed by atoms with Crippen LogP contribution in [0, 0.1) is 5.92 Å². The molecule has 0 aliphatic rings. The summed E-state index contributed by atoms with van der Waals surface area (Å²) in [5.41, 5.74) is 2.19. The van der Waals surface area contributed by atoms with Gasteiger partial charge in [-0.3, -0.25) is 0 Å². The maximum atomic E-state index is 4.56. The summed E-state index contributed by atoms with van der Waals surface area (Å²) in [6.45, 7) is 6.37. The van der Waals surface area contributed by atoms with E-state index in [1.807, 2.05) is 29.1 Å². The van der Waals surface area contributed by atoms with Crippen molar-refractivity contribution in [2.75, 3.05) is 6.54 Å². The molecule has 1 atom stereocenters. The maximum absolute atomic E-state index is 4.56. The van der Waals surface area contributed by atoms with Gasteiger partial charge in [-0.2, -0.15) is 5.10 Å². The van der Waals surface area contributed by atoms with Crippen molar-refractivity contribution in [1.82, 2.24) is 15.1 Å². The van der Waals surface area contributed by atoms with E-state index in [0.29, 0.717) is 0 Å². The first-order valence-corrected chi connectivity index (χ1v) is 6.60. The first-order valence-electron chi connectivity index (χ1n) is 6.60. The second-order valence-electron chi connectivity index (χ2n) is 4.73. The zero-order valence-corrected chi connectivity index (χ0v) is 11.1. The molecule has 2 aromatic rings. The quantitative estimate of drug-likeness (QED) is 0.845. The molecule has 1 N–H and O–H groups in total. The lowest BCUT2D eigenvalue weighted by atomic mass is 10.1. The number of rotatable bonds is 6. The third kappa shape index (κ3) is 3.44. The SMILES string of the molecule is CCC(C)CNCc1ccn(-c2ccccc2)n1. The largest absolute Gasteiger partial charge is 0.311 e. The Kier molecular flexibility index (Phi) is 4.53. The van der Waals surface area contributed by atoms with E-state index < -0.39 is 0 Å². The lowest BCUT2D eigenvalue weighted by Gasteiger charge is -2.08. The molecule has 1 aromatic heterocycles. The van der Waals surface area contributed by atoms with E-state index in [9.17, 15) is 0 Å². The molecular formula is C15H21N3. The fraction of sp³-hybridized carbons (Fsp3) is 0.400. The Morgan fingerprint density at radius 3 is 2.72 bits per heavy atom. The van der Waals surface area contributed by atoms with E-state index in [0.717, 1.165) is 30.4 Å². The van der Waals surface area contributed by atoms with Crippen LogP contribution in [0.15, 0.2) is 42.6 Å². The predicted molar refractivity (Wildman–Crippen MR) is 74.7 cm³/mol. The molecule has 0 radical (unpaired) electrons. The number of hydrogen-bond acceptors (Lipinski definition) is 2. The number of aromatic nitrogens is 2. The van der Waals surface area contributed by atoms with Crippen molar-refractivity contribution >= 4 is 0 Å². The summed E-state index contributed by atoms with van der Waals surface area (Å²) in [5, 5.41) is 8.00. The van der Waals surface area contributed by atoms with E-state index in [4.69, 9.17) is 0 Å². The van der Waals surface area contributed by atoms with Crippen LogP contribution >= 0.6 is 0 Å². The summed E-state index contributed by atoms with van der Waals surface area (Å²) >= 11 is 0. The Morgan fingerprint density at radius 2 is 2.00 bits per heavy atom. The Bertz CT molecular complexity index is 462. The van der Waals surface area contributed by atoms with Crippen molar-refractivity contribution in [1.29, 1.82) is 0 Å². The van der Waals surface area contributed by atoms with Gasteiger partial charge in [-0.15, -0.1) is 0 Å². The monoisotopic (exact) mass is 243 g/mol. The van der Waals surface area contributed by atoms with Crippen molar-refractivity contribution < 1.29 is 0 Å². The van der Waals surface area contributed by atoms with Gasteiger partial charge in [0, 0.05) is 12.7 Å². The minimum Gasteiger partial charge on any atom is -0.311 e. The van der Waals surface area contributed by atoms with Crippen LogP contribution in [0.1, 0.15) is 26.0 Å². The number of nitrogens with one attached hydrogen (secondary N) is 1. The molecule has 3 nitrogen and oxygen atoms in total. The van der Waals surface area contributed by atoms with Crippen molar-refractivity contribution in [2.45, 2.75) is 26.8 Å². The molecule has 0 aliphatic carbocycles. The van der Waals surface area contributed by atoms with E-state index >= 15 is 0 Å². The molecule has 0 amide bonds. The van der Waals surface area contributed by atoms with Gasteiger partial charge in [0.05, 0.1) is 11.4 Å². The van der Waals surface area contributed by atoms with Crippen molar-refractivity contribution in [3.8, 4) is 5.69 Å². The molecule has 1 unspecified atom stereocenters. The molecule has 0 bridgehead atoms. The Labute approximate surface area is 109 Å². The van der Waals surface area contributed by atoms with Crippen molar-refractivity contribution in [3.63, 3.8) is 0 Å². The summed E-state index contributed by atoms with van der Waals surface area (Å²) in [5.74, 6) is 0.723. The van der Waals surface area contributed by atoms with E-state index in [2.05, 4.69) is 42.5 Å². The van der Waals surface area contributed by atoms with Crippen molar-refractivity contribution in [2.24, 2.45) is 5.92 Å². The Balaban J connectivity index is 1.91. The molecule has 0 fully saturated rings. The minimum atomic E-state index is 0.723. The predicted octanol–water partition coefficient (Wildman–Crippen LogP) is 3.01. The van der Waals surface area contributed by atoms with Crippen LogP contribution in [0.2, 0.25) is 0 Å². The minimum absolute atomic E-state index is 0.723. The average molecular weight is 243 g/mol. The molecule has 3 heteroatoms. The van der Waals surface area contributed by atoms with Gasteiger partial charge in [-0.25, -0.2) is 4.68 Å². The van der Waals surface area contributed by atoms with Gasteiger partial charge in [0.15, 0.2) is 0 Å². The first-order chi connectivity index (χ1) is 8.79. The number of nitrogens with zero attached hydrogens (tertiary/aromatic N) is 2. The highest BCUT2D eigenvalue weighted by Gasteiger charge is 2.02.